The summed E-state index contributed by atoms with van der Waals surface area (Å²) in [6.07, 6.45) is 1.98. The van der Waals surface area contributed by atoms with Gasteiger partial charge in [-0.3, -0.25) is 4.79 Å². The largest absolute Gasteiger partial charge is 0.493 e. The number of aryl methyl sites for hydroxylation is 1. The van der Waals surface area contributed by atoms with Crippen LogP contribution in [-0.4, -0.2) is 17.7 Å². The third-order valence-corrected chi connectivity index (χ3v) is 4.58. The van der Waals surface area contributed by atoms with Gasteiger partial charge in [0.25, 0.3) is 0 Å². The van der Waals surface area contributed by atoms with Crippen molar-refractivity contribution in [3.8, 4) is 11.5 Å². The van der Waals surface area contributed by atoms with E-state index in [2.05, 4.69) is 26.0 Å². The molecule has 0 bridgehead atoms. The second-order valence-corrected chi connectivity index (χ2v) is 6.37. The third kappa shape index (κ3) is 5.33. The van der Waals surface area contributed by atoms with Crippen LogP contribution in [-0.2, 0) is 17.8 Å². The van der Waals surface area contributed by atoms with Crippen LogP contribution in [0.5, 0.6) is 11.5 Å². The minimum atomic E-state index is -0.364. The van der Waals surface area contributed by atoms with Crippen molar-refractivity contribution in [1.29, 1.82) is 0 Å². The van der Waals surface area contributed by atoms with E-state index in [0.29, 0.717) is 17.2 Å². The number of rotatable bonds is 9. The molecule has 4 nitrogen and oxygen atoms in total. The number of para-hydroxylation sites is 1. The van der Waals surface area contributed by atoms with Crippen LogP contribution in [0.3, 0.4) is 0 Å². The number of aliphatic hydroxyl groups excluding tert-OH is 1. The molecular formula is C22H28O4. The molecule has 1 unspecified atom stereocenters. The van der Waals surface area contributed by atoms with Crippen molar-refractivity contribution >= 4 is 5.97 Å². The van der Waals surface area contributed by atoms with Crippen LogP contribution in [0.1, 0.15) is 56.2 Å². The Kier molecular flexibility index (Phi) is 7.67. The van der Waals surface area contributed by atoms with Gasteiger partial charge in [0.15, 0.2) is 0 Å². The normalized spacial score (nSPS) is 11.8. The lowest BCUT2D eigenvalue weighted by molar-refractivity contribution is -0.135. The van der Waals surface area contributed by atoms with Crippen LogP contribution >= 0.6 is 0 Å². The highest BCUT2D eigenvalue weighted by Gasteiger charge is 2.13. The van der Waals surface area contributed by atoms with E-state index in [0.717, 1.165) is 24.2 Å². The number of benzene rings is 2. The summed E-state index contributed by atoms with van der Waals surface area (Å²) < 4.78 is 11.1. The zero-order valence-corrected chi connectivity index (χ0v) is 15.8. The Labute approximate surface area is 155 Å². The molecule has 2 rings (SSSR count). The zero-order chi connectivity index (χ0) is 18.9. The number of carbonyl (C=O) groups excluding carboxylic acids is 1. The molecular weight excluding hydrogens is 328 g/mol. The molecule has 2 aromatic carbocycles. The second-order valence-electron chi connectivity index (χ2n) is 6.37. The molecule has 140 valence electrons. The third-order valence-electron chi connectivity index (χ3n) is 4.58. The highest BCUT2D eigenvalue weighted by Crippen LogP contribution is 2.25. The SMILES string of the molecule is CCc1cccc(CO)c1OC(=O)CCOc1ccc(C(C)CC)cc1. The number of esters is 1. The second kappa shape index (κ2) is 9.97. The standard InChI is InChI=1S/C22H28O4/c1-4-16(3)18-9-11-20(12-10-18)25-14-13-21(24)26-22-17(5-2)7-6-8-19(22)15-23/h6-12,16,23H,4-5,13-15H2,1-3H3. The van der Waals surface area contributed by atoms with Crippen LogP contribution < -0.4 is 9.47 Å². The van der Waals surface area contributed by atoms with Crippen molar-refractivity contribution in [2.45, 2.75) is 52.6 Å². The van der Waals surface area contributed by atoms with Crippen molar-refractivity contribution in [2.24, 2.45) is 0 Å². The summed E-state index contributed by atoms with van der Waals surface area (Å²) >= 11 is 0. The summed E-state index contributed by atoms with van der Waals surface area (Å²) in [6, 6.07) is 13.5. The fraction of sp³-hybridized carbons (Fsp3) is 0.409. The van der Waals surface area contributed by atoms with E-state index in [-0.39, 0.29) is 25.6 Å². The highest BCUT2D eigenvalue weighted by atomic mass is 16.5. The molecule has 0 amide bonds. The van der Waals surface area contributed by atoms with Gasteiger partial charge in [0.2, 0.25) is 0 Å². The number of hydrogen-bond acceptors (Lipinski definition) is 4. The van der Waals surface area contributed by atoms with Gasteiger partial charge in [0.05, 0.1) is 19.6 Å². The van der Waals surface area contributed by atoms with Gasteiger partial charge in [0, 0.05) is 5.56 Å². The molecule has 0 aromatic heterocycles. The van der Waals surface area contributed by atoms with Crippen LogP contribution in [0.4, 0.5) is 0 Å². The molecule has 2 aromatic rings. The molecule has 1 N–H and O–H groups in total. The van der Waals surface area contributed by atoms with E-state index in [1.54, 1.807) is 6.07 Å². The maximum absolute atomic E-state index is 12.1. The van der Waals surface area contributed by atoms with E-state index in [1.807, 2.05) is 31.2 Å². The van der Waals surface area contributed by atoms with E-state index < -0.39 is 0 Å². The molecule has 0 aliphatic heterocycles. The van der Waals surface area contributed by atoms with Crippen molar-refractivity contribution in [3.63, 3.8) is 0 Å². The Hall–Kier alpha value is -2.33. The van der Waals surface area contributed by atoms with Gasteiger partial charge >= 0.3 is 5.97 Å². The van der Waals surface area contributed by atoms with Gasteiger partial charge in [-0.05, 0) is 42.0 Å². The van der Waals surface area contributed by atoms with Crippen molar-refractivity contribution < 1.29 is 19.4 Å². The van der Waals surface area contributed by atoms with Crippen molar-refractivity contribution in [1.82, 2.24) is 0 Å². The first-order valence-corrected chi connectivity index (χ1v) is 9.24. The number of aliphatic hydroxyl groups is 1. The molecule has 0 spiro atoms. The minimum absolute atomic E-state index is 0.149. The molecule has 4 heteroatoms. The van der Waals surface area contributed by atoms with Gasteiger partial charge in [-0.15, -0.1) is 0 Å². The maximum atomic E-state index is 12.1. The summed E-state index contributed by atoms with van der Waals surface area (Å²) in [7, 11) is 0. The van der Waals surface area contributed by atoms with E-state index in [1.165, 1.54) is 5.56 Å². The summed E-state index contributed by atoms with van der Waals surface area (Å²) in [5.74, 6) is 1.38. The predicted molar refractivity (Wildman–Crippen MR) is 103 cm³/mol. The average molecular weight is 356 g/mol. The Morgan fingerprint density at radius 1 is 1.08 bits per heavy atom. The monoisotopic (exact) mass is 356 g/mol. The van der Waals surface area contributed by atoms with E-state index in [9.17, 15) is 9.90 Å². The molecule has 0 heterocycles. The molecule has 0 radical (unpaired) electrons. The molecule has 0 saturated carbocycles. The van der Waals surface area contributed by atoms with Crippen LogP contribution in [0.2, 0.25) is 0 Å². The van der Waals surface area contributed by atoms with E-state index in [4.69, 9.17) is 9.47 Å². The Morgan fingerprint density at radius 3 is 2.38 bits per heavy atom. The summed E-state index contributed by atoms with van der Waals surface area (Å²) in [5.41, 5.74) is 2.82. The summed E-state index contributed by atoms with van der Waals surface area (Å²) in [6.45, 7) is 6.44. The quantitative estimate of drug-likeness (QED) is 0.526. The zero-order valence-electron chi connectivity index (χ0n) is 15.8. The van der Waals surface area contributed by atoms with Gasteiger partial charge in [-0.1, -0.05) is 51.1 Å². The molecule has 1 atom stereocenters. The molecule has 0 fully saturated rings. The highest BCUT2D eigenvalue weighted by molar-refractivity contribution is 5.73. The van der Waals surface area contributed by atoms with E-state index >= 15 is 0 Å². The van der Waals surface area contributed by atoms with Crippen LogP contribution in [0, 0.1) is 0 Å². The number of ether oxygens (including phenoxy) is 2. The lowest BCUT2D eigenvalue weighted by Crippen LogP contribution is -2.14. The number of hydrogen-bond donors (Lipinski definition) is 1. The predicted octanol–water partition coefficient (Wildman–Crippen LogP) is 4.63. The van der Waals surface area contributed by atoms with Gasteiger partial charge < -0.3 is 14.6 Å². The fourth-order valence-corrected chi connectivity index (χ4v) is 2.72. The smallest absolute Gasteiger partial charge is 0.314 e. The first kappa shape index (κ1) is 20.0. The average Bonchev–Trinajstić information content (AvgIpc) is 2.68. The first-order chi connectivity index (χ1) is 12.6. The molecule has 0 aliphatic carbocycles. The maximum Gasteiger partial charge on any atom is 0.314 e. The van der Waals surface area contributed by atoms with Crippen molar-refractivity contribution in [2.75, 3.05) is 6.61 Å². The number of carbonyl (C=O) groups is 1. The fourth-order valence-electron chi connectivity index (χ4n) is 2.72. The summed E-state index contributed by atoms with van der Waals surface area (Å²) in [5, 5.41) is 9.44. The van der Waals surface area contributed by atoms with Gasteiger partial charge in [0.1, 0.15) is 11.5 Å². The molecule has 0 aliphatic rings. The van der Waals surface area contributed by atoms with Crippen LogP contribution in [0.15, 0.2) is 42.5 Å². The molecule has 0 saturated heterocycles. The Balaban J connectivity index is 1.88. The van der Waals surface area contributed by atoms with Crippen molar-refractivity contribution in [3.05, 3.63) is 59.2 Å². The topological polar surface area (TPSA) is 55.8 Å². The Bertz CT molecular complexity index is 684. The lowest BCUT2D eigenvalue weighted by atomic mass is 9.99. The Morgan fingerprint density at radius 2 is 1.77 bits per heavy atom. The molecule has 26 heavy (non-hydrogen) atoms. The van der Waals surface area contributed by atoms with Crippen LogP contribution in [0.25, 0.3) is 0 Å². The summed E-state index contributed by atoms with van der Waals surface area (Å²) in [4.78, 5) is 12.1. The minimum Gasteiger partial charge on any atom is -0.493 e. The first-order valence-electron chi connectivity index (χ1n) is 9.24. The van der Waals surface area contributed by atoms with Gasteiger partial charge in [-0.25, -0.2) is 0 Å². The lowest BCUT2D eigenvalue weighted by Gasteiger charge is -2.13. The van der Waals surface area contributed by atoms with Gasteiger partial charge in [-0.2, -0.15) is 0 Å².